The van der Waals surface area contributed by atoms with E-state index in [2.05, 4.69) is 9.97 Å². The number of hydrogen-bond donors (Lipinski definition) is 0. The number of rotatable bonds is 0. The molecule has 0 N–H and O–H groups in total. The van der Waals surface area contributed by atoms with Crippen molar-refractivity contribution in [2.75, 3.05) is 0 Å². The van der Waals surface area contributed by atoms with E-state index in [1.54, 1.807) is 25.0 Å². The van der Waals surface area contributed by atoms with E-state index < -0.39 is 11.6 Å². The number of aromatic nitrogens is 4. The van der Waals surface area contributed by atoms with E-state index in [4.69, 9.17) is 0 Å². The van der Waals surface area contributed by atoms with Crippen molar-refractivity contribution >= 4 is 23.1 Å². The number of allylic oxidation sites excluding steroid dienone is 8. The normalized spacial score (nSPS) is 15.4. The van der Waals surface area contributed by atoms with Crippen LogP contribution in [-0.2, 0) is 52.8 Å². The zero-order valence-corrected chi connectivity index (χ0v) is 32.9. The van der Waals surface area contributed by atoms with E-state index in [1.807, 2.05) is 131 Å². The third kappa shape index (κ3) is 13.7. The fourth-order valence-electron chi connectivity index (χ4n) is 3.84. The second-order valence-corrected chi connectivity index (χ2v) is 15.2. The van der Waals surface area contributed by atoms with Gasteiger partial charge < -0.3 is 9.13 Å². The molecule has 0 saturated heterocycles. The van der Waals surface area contributed by atoms with Gasteiger partial charge >= 0.3 is 0 Å². The minimum absolute atomic E-state index is 0. The summed E-state index contributed by atoms with van der Waals surface area (Å²) in [6, 6.07) is 0. The number of carbonyl (C=O) groups is 4. The Balaban J connectivity index is 0.000000621. The number of imidazole rings is 2. The molecule has 242 valence electrons. The summed E-state index contributed by atoms with van der Waals surface area (Å²) in [6.45, 7) is 24.0. The summed E-state index contributed by atoms with van der Waals surface area (Å²) in [5.41, 5.74) is 2.33. The summed E-state index contributed by atoms with van der Waals surface area (Å²) >= 11 is 0. The van der Waals surface area contributed by atoms with E-state index >= 15 is 0 Å². The minimum atomic E-state index is -0.391. The summed E-state index contributed by atoms with van der Waals surface area (Å²) in [7, 11) is 3.88. The van der Waals surface area contributed by atoms with E-state index in [0.29, 0.717) is 11.1 Å². The largest absolute Gasteiger partial charge is 0.341 e. The second-order valence-electron chi connectivity index (χ2n) is 15.2. The molecular weight excluding hydrogens is 618 g/mol. The maximum atomic E-state index is 11.8. The van der Waals surface area contributed by atoms with Gasteiger partial charge in [0.25, 0.3) is 0 Å². The van der Waals surface area contributed by atoms with Crippen molar-refractivity contribution in [2.24, 2.45) is 35.8 Å². The van der Waals surface area contributed by atoms with Crippen LogP contribution >= 0.6 is 0 Å². The van der Waals surface area contributed by atoms with Gasteiger partial charge in [0.1, 0.15) is 0 Å². The first-order valence-corrected chi connectivity index (χ1v) is 14.8. The van der Waals surface area contributed by atoms with Crippen LogP contribution in [0, 0.1) is 21.7 Å². The maximum Gasteiger partial charge on any atom is 0.229 e. The fraction of sp³-hybridized carbons (Fsp3) is 0.500. The Kier molecular flexibility index (Phi) is 15.1. The Morgan fingerprint density at radius 1 is 0.489 bits per heavy atom. The number of aryl methyl sites for hydroxylation is 2. The van der Waals surface area contributed by atoms with Gasteiger partial charge in [-0.15, -0.1) is 0 Å². The number of hydrogen-bond acceptors (Lipinski definition) is 6. The molecule has 2 heterocycles. The quantitative estimate of drug-likeness (QED) is 0.170. The van der Waals surface area contributed by atoms with Crippen molar-refractivity contribution in [3.05, 3.63) is 84.0 Å². The second kappa shape index (κ2) is 16.3. The molecule has 0 saturated carbocycles. The van der Waals surface area contributed by atoms with Crippen LogP contribution in [0.2, 0.25) is 0 Å². The molecule has 0 aliphatic heterocycles. The molecule has 0 spiro atoms. The zero-order valence-electron chi connectivity index (χ0n) is 29.9. The smallest absolute Gasteiger partial charge is 0.229 e. The molecule has 0 aromatic carbocycles. The number of carbonyl (C=O) groups excluding carboxylic acids is 4. The van der Waals surface area contributed by atoms with Crippen LogP contribution in [0.25, 0.3) is 0 Å². The summed E-state index contributed by atoms with van der Waals surface area (Å²) in [5.74, 6) is -1.50. The Hall–Kier alpha value is -3.32. The van der Waals surface area contributed by atoms with Gasteiger partial charge in [-0.3, -0.25) is 19.2 Å². The minimum Gasteiger partial charge on any atom is -0.341 e. The Morgan fingerprint density at radius 3 is 0.933 bits per heavy atom. The SMILES string of the molecule is CC(C)(C)C1=CC(=O)C(=O)C(C(C)(C)C)=C1.CC(C)(C)C1=CC(=O)C(=O)C(C(C)(C)C)=C1.Cn1ccnc1.Cn1ccnc1.[Zn]. The Morgan fingerprint density at radius 2 is 0.778 bits per heavy atom. The van der Waals surface area contributed by atoms with Crippen LogP contribution < -0.4 is 0 Å². The van der Waals surface area contributed by atoms with E-state index in [1.165, 1.54) is 12.2 Å². The maximum absolute atomic E-state index is 11.8. The average Bonchev–Trinajstić information content (AvgIpc) is 3.54. The monoisotopic (exact) mass is 668 g/mol. The fourth-order valence-corrected chi connectivity index (χ4v) is 3.84. The van der Waals surface area contributed by atoms with Gasteiger partial charge in [0, 0.05) is 69.5 Å². The first kappa shape index (κ1) is 41.7. The summed E-state index contributed by atoms with van der Waals surface area (Å²) in [6.07, 6.45) is 17.5. The van der Waals surface area contributed by atoms with Gasteiger partial charge in [-0.2, -0.15) is 0 Å². The van der Waals surface area contributed by atoms with Crippen molar-refractivity contribution in [3.8, 4) is 0 Å². The van der Waals surface area contributed by atoms with Crippen molar-refractivity contribution in [3.63, 3.8) is 0 Å². The van der Waals surface area contributed by atoms with E-state index in [9.17, 15) is 19.2 Å². The molecule has 0 atom stereocenters. The molecule has 2 aromatic rings. The standard InChI is InChI=1S/2C14H20O2.2C4H6N2.Zn/c2*1-13(2,3)9-7-10(14(4,5)6)12(16)11(15)8-9;2*1-6-3-2-5-4-6;/h2*7-8H,1-6H3;2*2-4H,1H3;. The van der Waals surface area contributed by atoms with Crippen LogP contribution in [0.3, 0.4) is 0 Å². The number of nitrogens with zero attached hydrogens (tertiary/aromatic N) is 4. The summed E-state index contributed by atoms with van der Waals surface area (Å²) in [5, 5.41) is 0. The first-order valence-electron chi connectivity index (χ1n) is 14.8. The molecule has 2 aliphatic carbocycles. The number of Topliss-reactive ketones (excluding diaryl/α,β-unsaturated/α-hetero) is 2. The molecule has 2 aromatic heterocycles. The Bertz CT molecular complexity index is 1330. The molecule has 4 rings (SSSR count). The van der Waals surface area contributed by atoms with Crippen molar-refractivity contribution in [1.82, 2.24) is 19.1 Å². The molecule has 45 heavy (non-hydrogen) atoms. The summed E-state index contributed by atoms with van der Waals surface area (Å²) in [4.78, 5) is 54.4. The zero-order chi connectivity index (χ0) is 34.3. The number of ketones is 4. The van der Waals surface area contributed by atoms with Crippen LogP contribution in [-0.4, -0.2) is 42.2 Å². The molecule has 0 radical (unpaired) electrons. The topological polar surface area (TPSA) is 104 Å². The first-order chi connectivity index (χ1) is 19.9. The van der Waals surface area contributed by atoms with Gasteiger partial charge in [0.2, 0.25) is 23.1 Å². The van der Waals surface area contributed by atoms with Gasteiger partial charge in [0.15, 0.2) is 0 Å². The summed E-state index contributed by atoms with van der Waals surface area (Å²) < 4.78 is 3.78. The Labute approximate surface area is 282 Å². The van der Waals surface area contributed by atoms with Crippen molar-refractivity contribution in [2.45, 2.75) is 83.1 Å². The van der Waals surface area contributed by atoms with Crippen LogP contribution in [0.15, 0.2) is 84.0 Å². The molecule has 2 aliphatic rings. The van der Waals surface area contributed by atoms with E-state index in [-0.39, 0.29) is 52.7 Å². The molecule has 8 nitrogen and oxygen atoms in total. The predicted molar refractivity (Wildman–Crippen MR) is 177 cm³/mol. The molecule has 0 bridgehead atoms. The van der Waals surface area contributed by atoms with Crippen LogP contribution in [0.4, 0.5) is 0 Å². The van der Waals surface area contributed by atoms with Crippen molar-refractivity contribution in [1.29, 1.82) is 0 Å². The van der Waals surface area contributed by atoms with Gasteiger partial charge in [-0.05, 0) is 45.0 Å². The third-order valence-electron chi connectivity index (χ3n) is 6.73. The van der Waals surface area contributed by atoms with Crippen molar-refractivity contribution < 1.29 is 38.7 Å². The third-order valence-corrected chi connectivity index (χ3v) is 6.73. The molecule has 0 fully saturated rings. The molecular formula is C36H52N4O4Zn. The predicted octanol–water partition coefficient (Wildman–Crippen LogP) is 7.00. The van der Waals surface area contributed by atoms with Crippen LogP contribution in [0.1, 0.15) is 83.1 Å². The van der Waals surface area contributed by atoms with Gasteiger partial charge in [0.05, 0.1) is 12.7 Å². The van der Waals surface area contributed by atoms with Gasteiger partial charge in [-0.25, -0.2) is 9.97 Å². The molecule has 0 amide bonds. The molecule has 0 unspecified atom stereocenters. The van der Waals surface area contributed by atoms with Gasteiger partial charge in [-0.1, -0.05) is 95.2 Å². The molecule has 9 heteroatoms. The van der Waals surface area contributed by atoms with Crippen LogP contribution in [0.5, 0.6) is 0 Å². The van der Waals surface area contributed by atoms with E-state index in [0.717, 1.165) is 11.1 Å². The average molecular weight is 670 g/mol.